The Morgan fingerprint density at radius 2 is 1.74 bits per heavy atom. The Morgan fingerprint density at radius 1 is 1.04 bits per heavy atom. The number of likely N-dealkylation sites (tertiary alicyclic amines) is 1. The smallest absolute Gasteiger partial charge is 0.267 e. The van der Waals surface area contributed by atoms with Crippen molar-refractivity contribution in [1.82, 2.24) is 14.7 Å². The number of carbonyl (C=O) groups excluding carboxylic acids is 1. The number of piperidine rings is 1. The van der Waals surface area contributed by atoms with Crippen molar-refractivity contribution < 1.29 is 9.18 Å². The summed E-state index contributed by atoms with van der Waals surface area (Å²) in [6.07, 6.45) is 3.15. The zero-order chi connectivity index (χ0) is 16.2. The van der Waals surface area contributed by atoms with Gasteiger partial charge in [-0.25, -0.2) is 9.07 Å². The van der Waals surface area contributed by atoms with E-state index < -0.39 is 0 Å². The molecular formula is C17H18FN3O2. The molecule has 0 radical (unpaired) electrons. The molecule has 1 saturated heterocycles. The van der Waals surface area contributed by atoms with Crippen LogP contribution >= 0.6 is 0 Å². The Kier molecular flexibility index (Phi) is 4.50. The van der Waals surface area contributed by atoms with Gasteiger partial charge in [0.2, 0.25) is 5.91 Å². The van der Waals surface area contributed by atoms with Gasteiger partial charge >= 0.3 is 0 Å². The standard InChI is InChI=1S/C17H18FN3O2/c18-14-6-4-13(5-7-14)15-8-9-16(22)21(19-15)12-17(23)20-10-2-1-3-11-20/h4-9H,1-3,10-12H2. The van der Waals surface area contributed by atoms with Gasteiger partial charge in [0.15, 0.2) is 0 Å². The van der Waals surface area contributed by atoms with E-state index in [4.69, 9.17) is 0 Å². The minimum Gasteiger partial charge on any atom is -0.341 e. The first-order chi connectivity index (χ1) is 11.1. The second kappa shape index (κ2) is 6.73. The van der Waals surface area contributed by atoms with E-state index in [1.165, 1.54) is 22.9 Å². The lowest BCUT2D eigenvalue weighted by atomic mass is 10.1. The number of benzene rings is 1. The average molecular weight is 315 g/mol. The van der Waals surface area contributed by atoms with E-state index in [-0.39, 0.29) is 23.8 Å². The van der Waals surface area contributed by atoms with E-state index in [9.17, 15) is 14.0 Å². The second-order valence-corrected chi connectivity index (χ2v) is 5.66. The summed E-state index contributed by atoms with van der Waals surface area (Å²) in [6, 6.07) is 8.83. The van der Waals surface area contributed by atoms with Crippen molar-refractivity contribution in [2.45, 2.75) is 25.8 Å². The van der Waals surface area contributed by atoms with Crippen molar-refractivity contribution in [2.24, 2.45) is 0 Å². The molecular weight excluding hydrogens is 297 g/mol. The van der Waals surface area contributed by atoms with Crippen LogP contribution in [0.25, 0.3) is 11.3 Å². The molecule has 0 saturated carbocycles. The maximum Gasteiger partial charge on any atom is 0.267 e. The number of nitrogens with zero attached hydrogens (tertiary/aromatic N) is 3. The SMILES string of the molecule is O=C(Cn1nc(-c2ccc(F)cc2)ccc1=O)N1CCCCC1. The third kappa shape index (κ3) is 3.64. The Labute approximate surface area is 133 Å². The Morgan fingerprint density at radius 3 is 2.43 bits per heavy atom. The highest BCUT2D eigenvalue weighted by atomic mass is 19.1. The first kappa shape index (κ1) is 15.4. The van der Waals surface area contributed by atoms with E-state index in [0.717, 1.165) is 32.4 Å². The van der Waals surface area contributed by atoms with Gasteiger partial charge in [0.05, 0.1) is 5.69 Å². The summed E-state index contributed by atoms with van der Waals surface area (Å²) in [5.41, 5.74) is 0.919. The Bertz CT molecular complexity index is 749. The van der Waals surface area contributed by atoms with Crippen LogP contribution in [0.2, 0.25) is 0 Å². The molecule has 0 spiro atoms. The zero-order valence-electron chi connectivity index (χ0n) is 12.7. The van der Waals surface area contributed by atoms with Gasteiger partial charge in [-0.2, -0.15) is 5.10 Å². The number of rotatable bonds is 3. The van der Waals surface area contributed by atoms with Crippen LogP contribution < -0.4 is 5.56 Å². The summed E-state index contributed by atoms with van der Waals surface area (Å²) in [6.45, 7) is 1.42. The van der Waals surface area contributed by atoms with E-state index in [0.29, 0.717) is 11.3 Å². The molecule has 1 aromatic heterocycles. The molecule has 1 aromatic carbocycles. The summed E-state index contributed by atoms with van der Waals surface area (Å²) in [5.74, 6) is -0.419. The first-order valence-electron chi connectivity index (χ1n) is 7.75. The minimum absolute atomic E-state index is 0.0616. The summed E-state index contributed by atoms with van der Waals surface area (Å²) in [7, 11) is 0. The molecule has 0 bridgehead atoms. The fraction of sp³-hybridized carbons (Fsp3) is 0.353. The van der Waals surface area contributed by atoms with Gasteiger partial charge in [-0.3, -0.25) is 9.59 Å². The van der Waals surface area contributed by atoms with Crippen molar-refractivity contribution in [3.05, 3.63) is 52.6 Å². The van der Waals surface area contributed by atoms with E-state index in [1.54, 1.807) is 23.1 Å². The normalized spacial score (nSPS) is 14.7. The number of hydrogen-bond donors (Lipinski definition) is 0. The molecule has 23 heavy (non-hydrogen) atoms. The third-order valence-electron chi connectivity index (χ3n) is 4.00. The van der Waals surface area contributed by atoms with Gasteiger partial charge in [-0.15, -0.1) is 0 Å². The van der Waals surface area contributed by atoms with E-state index in [2.05, 4.69) is 5.10 Å². The van der Waals surface area contributed by atoms with Crippen LogP contribution in [-0.4, -0.2) is 33.7 Å². The van der Waals surface area contributed by atoms with Crippen molar-refractivity contribution in [2.75, 3.05) is 13.1 Å². The number of halogens is 1. The molecule has 0 N–H and O–H groups in total. The average Bonchev–Trinajstić information content (AvgIpc) is 2.58. The van der Waals surface area contributed by atoms with Crippen LogP contribution in [0.4, 0.5) is 4.39 Å². The lowest BCUT2D eigenvalue weighted by Crippen LogP contribution is -2.40. The van der Waals surface area contributed by atoms with Crippen LogP contribution in [0.1, 0.15) is 19.3 Å². The highest BCUT2D eigenvalue weighted by Crippen LogP contribution is 2.15. The molecule has 120 valence electrons. The molecule has 5 nitrogen and oxygen atoms in total. The molecule has 0 unspecified atom stereocenters. The highest BCUT2D eigenvalue weighted by Gasteiger charge is 2.17. The van der Waals surface area contributed by atoms with Gasteiger partial charge in [0, 0.05) is 24.7 Å². The minimum atomic E-state index is -0.331. The molecule has 3 rings (SSSR count). The van der Waals surface area contributed by atoms with Crippen molar-refractivity contribution in [3.8, 4) is 11.3 Å². The van der Waals surface area contributed by atoms with E-state index in [1.807, 2.05) is 0 Å². The predicted molar refractivity (Wildman–Crippen MR) is 84.3 cm³/mol. The topological polar surface area (TPSA) is 55.2 Å². The molecule has 1 aliphatic rings. The maximum absolute atomic E-state index is 13.0. The molecule has 1 aliphatic heterocycles. The highest BCUT2D eigenvalue weighted by molar-refractivity contribution is 5.76. The van der Waals surface area contributed by atoms with Gasteiger partial charge in [-0.1, -0.05) is 0 Å². The number of carbonyl (C=O) groups is 1. The molecule has 2 aromatic rings. The number of amides is 1. The van der Waals surface area contributed by atoms with Crippen LogP contribution in [-0.2, 0) is 11.3 Å². The third-order valence-corrected chi connectivity index (χ3v) is 4.00. The molecule has 1 fully saturated rings. The Balaban J connectivity index is 1.81. The summed E-state index contributed by atoms with van der Waals surface area (Å²) in [5, 5.41) is 4.24. The zero-order valence-corrected chi connectivity index (χ0v) is 12.7. The lowest BCUT2D eigenvalue weighted by molar-refractivity contribution is -0.133. The molecule has 0 aliphatic carbocycles. The number of aromatic nitrogens is 2. The van der Waals surface area contributed by atoms with Crippen LogP contribution in [0.15, 0.2) is 41.2 Å². The Hall–Kier alpha value is -2.50. The van der Waals surface area contributed by atoms with Crippen molar-refractivity contribution >= 4 is 5.91 Å². The van der Waals surface area contributed by atoms with Gasteiger partial charge in [0.25, 0.3) is 5.56 Å². The largest absolute Gasteiger partial charge is 0.341 e. The fourth-order valence-corrected chi connectivity index (χ4v) is 2.71. The van der Waals surface area contributed by atoms with Crippen LogP contribution in [0.3, 0.4) is 0 Å². The molecule has 6 heteroatoms. The van der Waals surface area contributed by atoms with Gasteiger partial charge < -0.3 is 4.90 Å². The van der Waals surface area contributed by atoms with Crippen molar-refractivity contribution in [3.63, 3.8) is 0 Å². The summed E-state index contributed by atoms with van der Waals surface area (Å²) in [4.78, 5) is 26.0. The quantitative estimate of drug-likeness (QED) is 0.871. The second-order valence-electron chi connectivity index (χ2n) is 5.66. The number of hydrogen-bond acceptors (Lipinski definition) is 3. The van der Waals surface area contributed by atoms with E-state index >= 15 is 0 Å². The molecule has 1 amide bonds. The molecule has 0 atom stereocenters. The van der Waals surface area contributed by atoms with Crippen molar-refractivity contribution in [1.29, 1.82) is 0 Å². The van der Waals surface area contributed by atoms with Crippen LogP contribution in [0.5, 0.6) is 0 Å². The van der Waals surface area contributed by atoms with Crippen LogP contribution in [0, 0.1) is 5.82 Å². The molecule has 2 heterocycles. The van der Waals surface area contributed by atoms with Gasteiger partial charge in [-0.05, 0) is 49.6 Å². The predicted octanol–water partition coefficient (Wildman–Crippen LogP) is 2.06. The summed E-state index contributed by atoms with van der Waals surface area (Å²) < 4.78 is 14.2. The monoisotopic (exact) mass is 315 g/mol. The fourth-order valence-electron chi connectivity index (χ4n) is 2.71. The maximum atomic E-state index is 13.0. The van der Waals surface area contributed by atoms with Gasteiger partial charge in [0.1, 0.15) is 12.4 Å². The summed E-state index contributed by atoms with van der Waals surface area (Å²) >= 11 is 0. The lowest BCUT2D eigenvalue weighted by Gasteiger charge is -2.26. The first-order valence-corrected chi connectivity index (χ1v) is 7.75.